The highest BCUT2D eigenvalue weighted by Crippen LogP contribution is 1.98. The maximum atomic E-state index is 11.5. The lowest BCUT2D eigenvalue weighted by molar-refractivity contribution is 0.504. The van der Waals surface area contributed by atoms with Gasteiger partial charge >= 0.3 is 0 Å². The molecule has 0 spiro atoms. The van der Waals surface area contributed by atoms with Crippen LogP contribution in [0.3, 0.4) is 0 Å². The third-order valence-electron chi connectivity index (χ3n) is 2.01. The second-order valence-electron chi connectivity index (χ2n) is 4.05. The van der Waals surface area contributed by atoms with Crippen molar-refractivity contribution in [3.05, 3.63) is 0 Å². The molecule has 1 unspecified atom stereocenters. The molecule has 0 fully saturated rings. The molecule has 0 saturated carbocycles. The van der Waals surface area contributed by atoms with Crippen LogP contribution in [0.15, 0.2) is 0 Å². The van der Waals surface area contributed by atoms with Crippen LogP contribution >= 0.6 is 0 Å². The Bertz CT molecular complexity index is 252. The molecule has 0 aromatic rings. The monoisotopic (exact) mass is 237 g/mol. The second kappa shape index (κ2) is 7.16. The van der Waals surface area contributed by atoms with Gasteiger partial charge in [0.1, 0.15) is 0 Å². The minimum absolute atomic E-state index is 0.0698. The van der Waals surface area contributed by atoms with Crippen LogP contribution in [0.4, 0.5) is 0 Å². The average Bonchev–Trinajstić information content (AvgIpc) is 2.14. The maximum absolute atomic E-state index is 11.5. The number of nitrogens with two attached hydrogens (primary N) is 1. The Labute approximate surface area is 93.0 Å². The summed E-state index contributed by atoms with van der Waals surface area (Å²) >= 11 is 0. The summed E-state index contributed by atoms with van der Waals surface area (Å²) in [5.74, 6) is 0.302. The molecule has 0 radical (unpaired) electrons. The van der Waals surface area contributed by atoms with E-state index in [1.165, 1.54) is 0 Å². The zero-order chi connectivity index (χ0) is 11.9. The summed E-state index contributed by atoms with van der Waals surface area (Å²) in [6, 6.07) is -0.0698. The van der Waals surface area contributed by atoms with Crippen LogP contribution in [-0.4, -0.2) is 27.5 Å². The fourth-order valence-corrected chi connectivity index (χ4v) is 2.44. The lowest BCUT2D eigenvalue weighted by Crippen LogP contribution is -2.44. The van der Waals surface area contributed by atoms with Gasteiger partial charge in [-0.1, -0.05) is 20.8 Å². The van der Waals surface area contributed by atoms with Crippen molar-refractivity contribution in [1.82, 2.24) is 9.44 Å². The molecule has 0 aliphatic rings. The first-order valence-corrected chi connectivity index (χ1v) is 6.86. The third-order valence-corrected chi connectivity index (χ3v) is 3.20. The second-order valence-corrected chi connectivity index (χ2v) is 5.58. The molecule has 15 heavy (non-hydrogen) atoms. The molecule has 1 atom stereocenters. The Kier molecular flexibility index (Phi) is 7.08. The van der Waals surface area contributed by atoms with Gasteiger partial charge in [0.2, 0.25) is 0 Å². The van der Waals surface area contributed by atoms with Gasteiger partial charge in [0, 0.05) is 12.6 Å². The topological polar surface area (TPSA) is 84.2 Å². The molecule has 0 aromatic carbocycles. The van der Waals surface area contributed by atoms with Crippen LogP contribution in [0.25, 0.3) is 0 Å². The van der Waals surface area contributed by atoms with E-state index in [9.17, 15) is 8.42 Å². The lowest BCUT2D eigenvalue weighted by Gasteiger charge is -2.17. The molecule has 0 amide bonds. The fourth-order valence-electron chi connectivity index (χ4n) is 1.09. The first-order valence-electron chi connectivity index (χ1n) is 5.38. The molecule has 4 N–H and O–H groups in total. The highest BCUT2D eigenvalue weighted by atomic mass is 32.2. The number of hydrogen-bond acceptors (Lipinski definition) is 3. The van der Waals surface area contributed by atoms with Crippen LogP contribution in [0.1, 0.15) is 33.6 Å². The minimum atomic E-state index is -3.37. The Hall–Kier alpha value is -0.170. The van der Waals surface area contributed by atoms with Crippen LogP contribution in [-0.2, 0) is 10.2 Å². The first kappa shape index (κ1) is 14.8. The van der Waals surface area contributed by atoms with E-state index >= 15 is 0 Å². The fraction of sp³-hybridized carbons (Fsp3) is 1.00. The van der Waals surface area contributed by atoms with Gasteiger partial charge in [0.05, 0.1) is 0 Å². The molecular weight excluding hydrogens is 214 g/mol. The van der Waals surface area contributed by atoms with E-state index in [4.69, 9.17) is 5.73 Å². The first-order chi connectivity index (χ1) is 6.91. The average molecular weight is 237 g/mol. The van der Waals surface area contributed by atoms with E-state index in [-0.39, 0.29) is 6.04 Å². The molecule has 6 heteroatoms. The minimum Gasteiger partial charge on any atom is -0.330 e. The van der Waals surface area contributed by atoms with E-state index in [1.807, 2.05) is 20.8 Å². The normalized spacial score (nSPS) is 14.5. The molecule has 0 bridgehead atoms. The predicted molar refractivity (Wildman–Crippen MR) is 62.6 cm³/mol. The largest absolute Gasteiger partial charge is 0.330 e. The summed E-state index contributed by atoms with van der Waals surface area (Å²) in [5.41, 5.74) is 5.39. The number of hydrogen-bond donors (Lipinski definition) is 3. The van der Waals surface area contributed by atoms with E-state index in [0.717, 1.165) is 6.42 Å². The van der Waals surface area contributed by atoms with Crippen molar-refractivity contribution in [2.45, 2.75) is 39.7 Å². The lowest BCUT2D eigenvalue weighted by atomic mass is 10.2. The third kappa shape index (κ3) is 7.72. The van der Waals surface area contributed by atoms with E-state index in [1.54, 1.807) is 0 Å². The Morgan fingerprint density at radius 3 is 2.33 bits per heavy atom. The summed E-state index contributed by atoms with van der Waals surface area (Å²) in [4.78, 5) is 0. The van der Waals surface area contributed by atoms with Crippen molar-refractivity contribution in [2.24, 2.45) is 11.7 Å². The number of rotatable bonds is 8. The van der Waals surface area contributed by atoms with Crippen molar-refractivity contribution in [3.63, 3.8) is 0 Å². The van der Waals surface area contributed by atoms with Gasteiger partial charge in [-0.25, -0.2) is 4.72 Å². The van der Waals surface area contributed by atoms with Crippen LogP contribution in [0.2, 0.25) is 0 Å². The molecule has 92 valence electrons. The molecule has 0 aliphatic carbocycles. The molecule has 0 rings (SSSR count). The van der Waals surface area contributed by atoms with Gasteiger partial charge in [-0.05, 0) is 25.3 Å². The predicted octanol–water partition coefficient (Wildman–Crippen LogP) is 0.194. The van der Waals surface area contributed by atoms with Gasteiger partial charge in [-0.3, -0.25) is 0 Å². The van der Waals surface area contributed by atoms with Crippen molar-refractivity contribution in [3.8, 4) is 0 Å². The molecule has 0 saturated heterocycles. The molecular formula is C9H23N3O2S. The van der Waals surface area contributed by atoms with Gasteiger partial charge in [0.25, 0.3) is 10.2 Å². The molecule has 0 aliphatic heterocycles. The summed E-state index contributed by atoms with van der Waals surface area (Å²) in [6.07, 6.45) is 1.42. The van der Waals surface area contributed by atoms with Crippen LogP contribution < -0.4 is 15.2 Å². The van der Waals surface area contributed by atoms with E-state index in [0.29, 0.717) is 25.4 Å². The molecule has 0 heterocycles. The quantitative estimate of drug-likeness (QED) is 0.563. The van der Waals surface area contributed by atoms with Gasteiger partial charge < -0.3 is 5.73 Å². The maximum Gasteiger partial charge on any atom is 0.277 e. The standard InChI is InChI=1S/C9H23N3O2S/c1-4-9(5-6-10)12-15(13,14)11-7-8(2)3/h8-9,11-12H,4-7,10H2,1-3H3. The van der Waals surface area contributed by atoms with Gasteiger partial charge in [-0.2, -0.15) is 13.1 Å². The van der Waals surface area contributed by atoms with Crippen molar-refractivity contribution in [2.75, 3.05) is 13.1 Å². The Morgan fingerprint density at radius 2 is 1.93 bits per heavy atom. The van der Waals surface area contributed by atoms with Gasteiger partial charge in [0.15, 0.2) is 0 Å². The highest BCUT2D eigenvalue weighted by Gasteiger charge is 2.15. The zero-order valence-corrected chi connectivity index (χ0v) is 10.6. The summed E-state index contributed by atoms with van der Waals surface area (Å²) in [7, 11) is -3.37. The van der Waals surface area contributed by atoms with Crippen molar-refractivity contribution < 1.29 is 8.42 Å². The smallest absolute Gasteiger partial charge is 0.277 e. The van der Waals surface area contributed by atoms with E-state index in [2.05, 4.69) is 9.44 Å². The number of nitrogens with one attached hydrogen (secondary N) is 2. The Morgan fingerprint density at radius 1 is 1.33 bits per heavy atom. The Balaban J connectivity index is 4.10. The molecule has 5 nitrogen and oxygen atoms in total. The molecule has 0 aromatic heterocycles. The summed E-state index contributed by atoms with van der Waals surface area (Å²) < 4.78 is 28.1. The highest BCUT2D eigenvalue weighted by molar-refractivity contribution is 7.87. The van der Waals surface area contributed by atoms with Crippen LogP contribution in [0, 0.1) is 5.92 Å². The zero-order valence-electron chi connectivity index (χ0n) is 9.79. The van der Waals surface area contributed by atoms with E-state index < -0.39 is 10.2 Å². The van der Waals surface area contributed by atoms with Crippen LogP contribution in [0.5, 0.6) is 0 Å². The summed E-state index contributed by atoms with van der Waals surface area (Å²) in [6.45, 7) is 6.80. The van der Waals surface area contributed by atoms with Gasteiger partial charge in [-0.15, -0.1) is 0 Å². The summed E-state index contributed by atoms with van der Waals surface area (Å²) in [5, 5.41) is 0. The SMILES string of the molecule is CCC(CCN)NS(=O)(=O)NCC(C)C. The van der Waals surface area contributed by atoms with Crippen molar-refractivity contribution in [1.29, 1.82) is 0 Å². The van der Waals surface area contributed by atoms with Crippen molar-refractivity contribution >= 4 is 10.2 Å².